The van der Waals surface area contributed by atoms with Crippen molar-refractivity contribution in [3.63, 3.8) is 0 Å². The van der Waals surface area contributed by atoms with Crippen LogP contribution in [0.1, 0.15) is 18.4 Å². The first kappa shape index (κ1) is 18.6. The van der Waals surface area contributed by atoms with E-state index >= 15 is 0 Å². The Hall–Kier alpha value is -1.79. The number of rotatable bonds is 4. The summed E-state index contributed by atoms with van der Waals surface area (Å²) in [5.41, 5.74) is 3.41. The van der Waals surface area contributed by atoms with E-state index in [1.807, 2.05) is 12.1 Å². The quantitative estimate of drug-likeness (QED) is 0.683. The molecular formula is C20H22Cl2N4O. The molecule has 3 aromatic rings. The highest BCUT2D eigenvalue weighted by atomic mass is 35.5. The highest BCUT2D eigenvalue weighted by molar-refractivity contribution is 6.42. The topological polar surface area (TPSA) is 53.3 Å². The molecule has 0 radical (unpaired) electrons. The highest BCUT2D eigenvalue weighted by Crippen LogP contribution is 2.32. The van der Waals surface area contributed by atoms with E-state index in [0.717, 1.165) is 30.8 Å². The third-order valence-electron chi connectivity index (χ3n) is 5.24. The number of nitrogens with zero attached hydrogens (tertiary/aromatic N) is 3. The number of piperidine rings is 1. The molecule has 4 rings (SSSR count). The Morgan fingerprint density at radius 2 is 1.81 bits per heavy atom. The summed E-state index contributed by atoms with van der Waals surface area (Å²) >= 11 is 12.2. The van der Waals surface area contributed by atoms with Crippen molar-refractivity contribution in [1.82, 2.24) is 19.8 Å². The number of imidazole rings is 1. The van der Waals surface area contributed by atoms with Crippen LogP contribution in [0, 0.1) is 0 Å². The second-order valence-corrected chi connectivity index (χ2v) is 7.88. The summed E-state index contributed by atoms with van der Waals surface area (Å²) in [5.74, 6) is 0. The molecule has 0 spiro atoms. The summed E-state index contributed by atoms with van der Waals surface area (Å²) in [6, 6.07) is 12.1. The minimum Gasteiger partial charge on any atom is -0.480 e. The van der Waals surface area contributed by atoms with Crippen LogP contribution >= 0.6 is 23.2 Å². The van der Waals surface area contributed by atoms with Crippen molar-refractivity contribution in [2.45, 2.75) is 25.4 Å². The minimum atomic E-state index is -0.0806. The summed E-state index contributed by atoms with van der Waals surface area (Å²) in [5, 5.41) is 14.6. The number of halogens is 2. The van der Waals surface area contributed by atoms with Crippen LogP contribution in [-0.4, -0.2) is 45.7 Å². The van der Waals surface area contributed by atoms with Gasteiger partial charge in [0, 0.05) is 12.6 Å². The average Bonchev–Trinajstić information content (AvgIpc) is 2.98. The van der Waals surface area contributed by atoms with Crippen LogP contribution in [0.15, 0.2) is 36.4 Å². The van der Waals surface area contributed by atoms with Crippen molar-refractivity contribution >= 4 is 34.2 Å². The third-order valence-corrected chi connectivity index (χ3v) is 5.96. The smallest absolute Gasteiger partial charge is 0.299 e. The average molecular weight is 405 g/mol. The lowest BCUT2D eigenvalue weighted by molar-refractivity contribution is 0.192. The number of hydrogen-bond donors (Lipinski definition) is 2. The zero-order valence-electron chi connectivity index (χ0n) is 15.1. The first-order valence-corrected chi connectivity index (χ1v) is 9.85. The molecule has 1 aromatic heterocycles. The number of hydrogen-bond acceptors (Lipinski definition) is 4. The second-order valence-electron chi connectivity index (χ2n) is 7.06. The van der Waals surface area contributed by atoms with Gasteiger partial charge in [0.2, 0.25) is 0 Å². The number of fused-ring (bicyclic) bond motifs is 1. The van der Waals surface area contributed by atoms with Gasteiger partial charge in [-0.1, -0.05) is 35.3 Å². The molecule has 7 heteroatoms. The molecule has 1 aliphatic heterocycles. The third kappa shape index (κ3) is 3.78. The number of aromatic nitrogens is 2. The van der Waals surface area contributed by atoms with Crippen molar-refractivity contribution in [3.05, 3.63) is 52.0 Å². The van der Waals surface area contributed by atoms with E-state index in [0.29, 0.717) is 21.6 Å². The van der Waals surface area contributed by atoms with Gasteiger partial charge in [-0.15, -0.1) is 0 Å². The van der Waals surface area contributed by atoms with E-state index in [4.69, 9.17) is 23.2 Å². The number of aromatic hydroxyl groups is 1. The molecular weight excluding hydrogens is 383 g/mol. The first-order valence-electron chi connectivity index (χ1n) is 9.09. The Bertz CT molecular complexity index is 949. The fourth-order valence-electron chi connectivity index (χ4n) is 3.73. The Kier molecular flexibility index (Phi) is 5.28. The van der Waals surface area contributed by atoms with E-state index < -0.39 is 0 Å². The lowest BCUT2D eigenvalue weighted by Gasteiger charge is -2.31. The van der Waals surface area contributed by atoms with Crippen LogP contribution in [0.3, 0.4) is 0 Å². The maximum Gasteiger partial charge on any atom is 0.299 e. The summed E-state index contributed by atoms with van der Waals surface area (Å²) in [7, 11) is 2.19. The molecule has 0 amide bonds. The van der Waals surface area contributed by atoms with Gasteiger partial charge < -0.3 is 10.4 Å². The monoisotopic (exact) mass is 404 g/mol. The molecule has 2 aromatic carbocycles. The molecule has 27 heavy (non-hydrogen) atoms. The Balaban J connectivity index is 1.58. The van der Waals surface area contributed by atoms with Gasteiger partial charge in [0.25, 0.3) is 6.01 Å². The Labute approximate surface area is 168 Å². The van der Waals surface area contributed by atoms with Crippen molar-refractivity contribution < 1.29 is 5.11 Å². The molecule has 2 heterocycles. The lowest BCUT2D eigenvalue weighted by atomic mass is 10.0. The van der Waals surface area contributed by atoms with Crippen LogP contribution in [0.25, 0.3) is 16.7 Å². The molecule has 0 saturated carbocycles. The first-order chi connectivity index (χ1) is 13.0. The van der Waals surface area contributed by atoms with E-state index in [2.05, 4.69) is 34.4 Å². The predicted molar refractivity (Wildman–Crippen MR) is 110 cm³/mol. The Morgan fingerprint density at radius 1 is 1.15 bits per heavy atom. The van der Waals surface area contributed by atoms with Gasteiger partial charge in [0.05, 0.1) is 26.8 Å². The normalized spacial score (nSPS) is 15.7. The van der Waals surface area contributed by atoms with Gasteiger partial charge in [0.15, 0.2) is 0 Å². The second kappa shape index (κ2) is 7.68. The number of benzene rings is 2. The van der Waals surface area contributed by atoms with Crippen LogP contribution in [0.5, 0.6) is 6.01 Å². The van der Waals surface area contributed by atoms with Crippen molar-refractivity contribution in [2.24, 2.45) is 0 Å². The lowest BCUT2D eigenvalue weighted by Crippen LogP contribution is -2.40. The summed E-state index contributed by atoms with van der Waals surface area (Å²) in [6.07, 6.45) is 2.37. The van der Waals surface area contributed by atoms with Gasteiger partial charge in [-0.05, 0) is 62.8 Å². The van der Waals surface area contributed by atoms with Gasteiger partial charge in [0.1, 0.15) is 0 Å². The SMILES string of the molecule is CN(Cc1ccc(-n2c(O)nc3cc(Cl)c(Cl)cc32)cc1)C1CCNCC1. The minimum absolute atomic E-state index is 0.0806. The zero-order chi connectivity index (χ0) is 19.0. The van der Waals surface area contributed by atoms with Crippen LogP contribution < -0.4 is 5.32 Å². The van der Waals surface area contributed by atoms with Crippen LogP contribution in [0.2, 0.25) is 10.0 Å². The molecule has 1 aliphatic rings. The van der Waals surface area contributed by atoms with Crippen LogP contribution in [0.4, 0.5) is 0 Å². The van der Waals surface area contributed by atoms with E-state index in [1.165, 1.54) is 18.4 Å². The van der Waals surface area contributed by atoms with Crippen LogP contribution in [-0.2, 0) is 6.54 Å². The molecule has 0 atom stereocenters. The van der Waals surface area contributed by atoms with Crippen molar-refractivity contribution in [3.8, 4) is 11.7 Å². The highest BCUT2D eigenvalue weighted by Gasteiger charge is 2.18. The van der Waals surface area contributed by atoms with E-state index in [1.54, 1.807) is 16.7 Å². The summed E-state index contributed by atoms with van der Waals surface area (Å²) in [4.78, 5) is 6.60. The zero-order valence-corrected chi connectivity index (χ0v) is 16.6. The maximum absolute atomic E-state index is 10.3. The van der Waals surface area contributed by atoms with Gasteiger partial charge in [-0.25, -0.2) is 0 Å². The summed E-state index contributed by atoms with van der Waals surface area (Å²) in [6.45, 7) is 3.09. The summed E-state index contributed by atoms with van der Waals surface area (Å²) < 4.78 is 1.68. The molecule has 0 aliphatic carbocycles. The Morgan fingerprint density at radius 3 is 2.52 bits per heavy atom. The molecule has 142 valence electrons. The van der Waals surface area contributed by atoms with Crippen molar-refractivity contribution in [1.29, 1.82) is 0 Å². The molecule has 1 fully saturated rings. The fourth-order valence-corrected chi connectivity index (χ4v) is 4.05. The van der Waals surface area contributed by atoms with Gasteiger partial charge >= 0.3 is 0 Å². The standard InChI is InChI=1S/C20H22Cl2N4O/c1-25(14-6-8-23-9-7-14)12-13-2-4-15(5-3-13)26-19-11-17(22)16(21)10-18(19)24-20(26)27/h2-5,10-11,14,23H,6-9,12H2,1H3,(H,24,27). The van der Waals surface area contributed by atoms with E-state index in [-0.39, 0.29) is 6.01 Å². The molecule has 0 bridgehead atoms. The van der Waals surface area contributed by atoms with Gasteiger partial charge in [-0.2, -0.15) is 4.98 Å². The molecule has 1 saturated heterocycles. The van der Waals surface area contributed by atoms with Gasteiger partial charge in [-0.3, -0.25) is 9.47 Å². The number of nitrogens with one attached hydrogen (secondary N) is 1. The van der Waals surface area contributed by atoms with Crippen molar-refractivity contribution in [2.75, 3.05) is 20.1 Å². The predicted octanol–water partition coefficient (Wildman–Crippen LogP) is 4.22. The molecule has 0 unspecified atom stereocenters. The fraction of sp³-hybridized carbons (Fsp3) is 0.350. The van der Waals surface area contributed by atoms with E-state index in [9.17, 15) is 5.11 Å². The maximum atomic E-state index is 10.3. The molecule has 5 nitrogen and oxygen atoms in total. The largest absolute Gasteiger partial charge is 0.480 e. The molecule has 2 N–H and O–H groups in total.